The zero-order valence-corrected chi connectivity index (χ0v) is 16.9. The summed E-state index contributed by atoms with van der Waals surface area (Å²) in [7, 11) is -2.49. The molecule has 0 spiro atoms. The Kier molecular flexibility index (Phi) is 7.84. The van der Waals surface area contributed by atoms with Gasteiger partial charge in [-0.25, -0.2) is 8.42 Å². The van der Waals surface area contributed by atoms with Crippen molar-refractivity contribution in [3.05, 3.63) is 29.3 Å². The van der Waals surface area contributed by atoms with Crippen LogP contribution in [0.4, 0.5) is 10.8 Å². The first kappa shape index (κ1) is 21.7. The van der Waals surface area contributed by atoms with E-state index >= 15 is 0 Å². The highest BCUT2D eigenvalue weighted by atomic mass is 32.2. The number of ether oxygens (including phenoxy) is 2. The number of methoxy groups -OCH3 is 1. The minimum Gasteiger partial charge on any atom is -0.492 e. The highest BCUT2D eigenvalue weighted by molar-refractivity contribution is 7.92. The van der Waals surface area contributed by atoms with Crippen LogP contribution in [-0.2, 0) is 30.8 Å². The summed E-state index contributed by atoms with van der Waals surface area (Å²) in [6, 6.07) is 6.66. The summed E-state index contributed by atoms with van der Waals surface area (Å²) in [4.78, 5) is 24.0. The third kappa shape index (κ3) is 6.87. The average Bonchev–Trinajstić information content (AvgIpc) is 3.02. The van der Waals surface area contributed by atoms with Crippen molar-refractivity contribution in [3.63, 3.8) is 0 Å². The van der Waals surface area contributed by atoms with E-state index in [1.165, 1.54) is 7.11 Å². The van der Waals surface area contributed by atoms with Crippen LogP contribution >= 0.6 is 11.3 Å². The highest BCUT2D eigenvalue weighted by Crippen LogP contribution is 2.23. The van der Waals surface area contributed by atoms with Crippen LogP contribution in [0.5, 0.6) is 5.75 Å². The topological polar surface area (TPSA) is 137 Å². The number of anilines is 2. The van der Waals surface area contributed by atoms with Crippen molar-refractivity contribution in [3.8, 4) is 5.75 Å². The van der Waals surface area contributed by atoms with Crippen molar-refractivity contribution in [1.29, 1.82) is 0 Å². The molecule has 1 aromatic heterocycles. The molecule has 1 heterocycles. The zero-order valence-electron chi connectivity index (χ0n) is 15.3. The summed E-state index contributed by atoms with van der Waals surface area (Å²) in [5, 5.41) is 13.0. The standard InChI is InChI=1S/C16H20N4O6S2/c1-3-26-12-7-5-4-6-11(12)17-13(21)9-28(23,24)10-14(22)18-16-20-19-15(27-16)8-25-2/h4-7H,3,8-10H2,1-2H3,(H,17,21)(H,18,20,22). The van der Waals surface area contributed by atoms with E-state index in [0.29, 0.717) is 23.1 Å². The van der Waals surface area contributed by atoms with Gasteiger partial charge in [-0.15, -0.1) is 10.2 Å². The maximum Gasteiger partial charge on any atom is 0.241 e. The molecule has 0 atom stereocenters. The maximum absolute atomic E-state index is 12.1. The van der Waals surface area contributed by atoms with Crippen LogP contribution in [0.15, 0.2) is 24.3 Å². The predicted molar refractivity (Wildman–Crippen MR) is 104 cm³/mol. The van der Waals surface area contributed by atoms with Crippen molar-refractivity contribution in [1.82, 2.24) is 10.2 Å². The summed E-state index contributed by atoms with van der Waals surface area (Å²) >= 11 is 1.07. The molecule has 12 heteroatoms. The SMILES string of the molecule is CCOc1ccccc1NC(=O)CS(=O)(=O)CC(=O)Nc1nnc(COC)s1. The Balaban J connectivity index is 1.91. The Labute approximate surface area is 166 Å². The zero-order chi connectivity index (χ0) is 20.6. The average molecular weight is 428 g/mol. The fourth-order valence-electron chi connectivity index (χ4n) is 2.13. The third-order valence-electron chi connectivity index (χ3n) is 3.14. The molecule has 0 saturated heterocycles. The number of nitrogens with zero attached hydrogens (tertiary/aromatic N) is 2. The maximum atomic E-state index is 12.1. The number of hydrogen-bond acceptors (Lipinski definition) is 9. The van der Waals surface area contributed by atoms with Gasteiger partial charge in [0.25, 0.3) is 0 Å². The minimum atomic E-state index is -3.98. The number of nitrogens with one attached hydrogen (secondary N) is 2. The Morgan fingerprint density at radius 2 is 1.79 bits per heavy atom. The molecule has 0 radical (unpaired) electrons. The van der Waals surface area contributed by atoms with Crippen molar-refractivity contribution in [2.75, 3.05) is 35.9 Å². The van der Waals surface area contributed by atoms with Gasteiger partial charge in [0.2, 0.25) is 16.9 Å². The van der Waals surface area contributed by atoms with Crippen molar-refractivity contribution in [2.24, 2.45) is 0 Å². The lowest BCUT2D eigenvalue weighted by molar-refractivity contribution is -0.114. The summed E-state index contributed by atoms with van der Waals surface area (Å²) in [6.07, 6.45) is 0. The molecule has 0 aliphatic carbocycles. The van der Waals surface area contributed by atoms with Crippen LogP contribution < -0.4 is 15.4 Å². The molecule has 0 aliphatic rings. The second-order valence-corrected chi connectivity index (χ2v) is 8.62. The summed E-state index contributed by atoms with van der Waals surface area (Å²) in [5.74, 6) is -2.84. The molecule has 10 nitrogen and oxygen atoms in total. The van der Waals surface area contributed by atoms with Gasteiger partial charge >= 0.3 is 0 Å². The molecule has 0 bridgehead atoms. The first-order valence-corrected chi connectivity index (χ1v) is 10.8. The molecule has 152 valence electrons. The number of hydrogen-bond donors (Lipinski definition) is 2. The number of aromatic nitrogens is 2. The van der Waals surface area contributed by atoms with Crippen LogP contribution in [0.1, 0.15) is 11.9 Å². The predicted octanol–water partition coefficient (Wildman–Crippen LogP) is 1.08. The minimum absolute atomic E-state index is 0.155. The highest BCUT2D eigenvalue weighted by Gasteiger charge is 2.22. The first-order valence-electron chi connectivity index (χ1n) is 8.16. The molecule has 2 amide bonds. The molecular formula is C16H20N4O6S2. The van der Waals surface area contributed by atoms with Crippen LogP contribution in [0.3, 0.4) is 0 Å². The molecule has 1 aromatic carbocycles. The quantitative estimate of drug-likeness (QED) is 0.573. The van der Waals surface area contributed by atoms with Gasteiger partial charge in [-0.1, -0.05) is 23.5 Å². The van der Waals surface area contributed by atoms with Gasteiger partial charge in [0.1, 0.15) is 28.9 Å². The van der Waals surface area contributed by atoms with Gasteiger partial charge in [-0.2, -0.15) is 0 Å². The lowest BCUT2D eigenvalue weighted by atomic mass is 10.3. The van der Waals surface area contributed by atoms with E-state index < -0.39 is 33.2 Å². The number of carbonyl (C=O) groups excluding carboxylic acids is 2. The van der Waals surface area contributed by atoms with Gasteiger partial charge in [0, 0.05) is 7.11 Å². The number of sulfone groups is 1. The second kappa shape index (κ2) is 10.1. The molecule has 0 fully saturated rings. The third-order valence-corrected chi connectivity index (χ3v) is 5.36. The molecule has 0 aliphatic heterocycles. The van der Waals surface area contributed by atoms with Gasteiger partial charge in [-0.05, 0) is 19.1 Å². The summed E-state index contributed by atoms with van der Waals surface area (Å²) in [5.41, 5.74) is 0.355. The van der Waals surface area contributed by atoms with Crippen molar-refractivity contribution >= 4 is 43.8 Å². The Hall–Kier alpha value is -2.57. The monoisotopic (exact) mass is 428 g/mol. The number of para-hydroxylation sites is 2. The van der Waals surface area contributed by atoms with E-state index in [1.54, 1.807) is 31.2 Å². The Morgan fingerprint density at radius 1 is 1.11 bits per heavy atom. The lowest BCUT2D eigenvalue weighted by Gasteiger charge is -2.11. The van der Waals surface area contributed by atoms with E-state index in [9.17, 15) is 18.0 Å². The van der Waals surface area contributed by atoms with Crippen LogP contribution in [0.2, 0.25) is 0 Å². The molecule has 2 rings (SSSR count). The number of benzene rings is 1. The van der Waals surface area contributed by atoms with Crippen LogP contribution in [0, 0.1) is 0 Å². The van der Waals surface area contributed by atoms with E-state index in [2.05, 4.69) is 20.8 Å². The van der Waals surface area contributed by atoms with Crippen LogP contribution in [-0.4, -0.2) is 55.7 Å². The van der Waals surface area contributed by atoms with Crippen molar-refractivity contribution < 1.29 is 27.5 Å². The fraction of sp³-hybridized carbons (Fsp3) is 0.375. The largest absolute Gasteiger partial charge is 0.492 e. The number of carbonyl (C=O) groups is 2. The second-order valence-electron chi connectivity index (χ2n) is 5.49. The van der Waals surface area contributed by atoms with E-state index in [4.69, 9.17) is 9.47 Å². The van der Waals surface area contributed by atoms with E-state index in [-0.39, 0.29) is 11.7 Å². The fourth-order valence-corrected chi connectivity index (χ4v) is 3.90. The molecule has 0 unspecified atom stereocenters. The van der Waals surface area contributed by atoms with Gasteiger partial charge in [-0.3, -0.25) is 14.9 Å². The Bertz CT molecular complexity index is 929. The van der Waals surface area contributed by atoms with E-state index in [1.807, 2.05) is 0 Å². The molecule has 0 saturated carbocycles. The van der Waals surface area contributed by atoms with Crippen molar-refractivity contribution in [2.45, 2.75) is 13.5 Å². The summed E-state index contributed by atoms with van der Waals surface area (Å²) < 4.78 is 34.5. The van der Waals surface area contributed by atoms with Crippen LogP contribution in [0.25, 0.3) is 0 Å². The normalized spacial score (nSPS) is 11.1. The molecular weight excluding hydrogens is 408 g/mol. The first-order chi connectivity index (χ1) is 13.3. The molecule has 2 N–H and O–H groups in total. The molecule has 28 heavy (non-hydrogen) atoms. The van der Waals surface area contributed by atoms with Gasteiger partial charge in [0.15, 0.2) is 9.84 Å². The smallest absolute Gasteiger partial charge is 0.241 e. The summed E-state index contributed by atoms with van der Waals surface area (Å²) in [6.45, 7) is 2.41. The van der Waals surface area contributed by atoms with E-state index in [0.717, 1.165) is 11.3 Å². The number of rotatable bonds is 10. The Morgan fingerprint density at radius 3 is 2.46 bits per heavy atom. The van der Waals surface area contributed by atoms with Gasteiger partial charge in [0.05, 0.1) is 12.3 Å². The lowest BCUT2D eigenvalue weighted by Crippen LogP contribution is -2.30. The van der Waals surface area contributed by atoms with Gasteiger partial charge < -0.3 is 14.8 Å². The number of amides is 2. The molecule has 2 aromatic rings.